The van der Waals surface area contributed by atoms with E-state index in [0.29, 0.717) is 5.92 Å². The molecule has 0 radical (unpaired) electrons. The number of hydrogen-bond acceptors (Lipinski definition) is 2. The molecule has 2 rings (SSSR count). The van der Waals surface area contributed by atoms with Gasteiger partial charge in [-0.15, -0.1) is 0 Å². The van der Waals surface area contributed by atoms with Crippen LogP contribution in [0.1, 0.15) is 49.3 Å². The fourth-order valence-electron chi connectivity index (χ4n) is 2.95. The number of benzene rings is 1. The SMILES string of the molecule is C/C=C1\CC[C@H](C)c2c1cc(C)c(OC)c2OC. The lowest BCUT2D eigenvalue weighted by atomic mass is 9.79. The van der Waals surface area contributed by atoms with Crippen molar-refractivity contribution < 1.29 is 9.47 Å². The van der Waals surface area contributed by atoms with Crippen LogP contribution in [0.2, 0.25) is 0 Å². The molecular formula is C16H22O2. The molecule has 0 N–H and O–H groups in total. The monoisotopic (exact) mass is 246 g/mol. The van der Waals surface area contributed by atoms with Crippen LogP contribution in [0.5, 0.6) is 11.5 Å². The number of fused-ring (bicyclic) bond motifs is 1. The van der Waals surface area contributed by atoms with Crippen LogP contribution in [0.4, 0.5) is 0 Å². The van der Waals surface area contributed by atoms with Crippen molar-refractivity contribution in [1.29, 1.82) is 0 Å². The summed E-state index contributed by atoms with van der Waals surface area (Å²) < 4.78 is 11.1. The van der Waals surface area contributed by atoms with E-state index in [-0.39, 0.29) is 0 Å². The van der Waals surface area contributed by atoms with Crippen LogP contribution in [0.15, 0.2) is 12.1 Å². The first-order valence-corrected chi connectivity index (χ1v) is 6.55. The van der Waals surface area contributed by atoms with Gasteiger partial charge < -0.3 is 9.47 Å². The molecular weight excluding hydrogens is 224 g/mol. The van der Waals surface area contributed by atoms with Crippen LogP contribution >= 0.6 is 0 Å². The van der Waals surface area contributed by atoms with Gasteiger partial charge in [-0.1, -0.05) is 13.0 Å². The standard InChI is InChI=1S/C16H22O2/c1-6-12-8-7-10(2)14-13(12)9-11(3)15(17-4)16(14)18-5/h6,9-10H,7-8H2,1-5H3/b12-6+/t10-/m0/s1. The average molecular weight is 246 g/mol. The zero-order valence-electron chi connectivity index (χ0n) is 12.0. The molecule has 18 heavy (non-hydrogen) atoms. The number of rotatable bonds is 2. The van der Waals surface area contributed by atoms with Gasteiger partial charge in [-0.25, -0.2) is 0 Å². The fraction of sp³-hybridized carbons (Fsp3) is 0.500. The highest BCUT2D eigenvalue weighted by Crippen LogP contribution is 2.48. The van der Waals surface area contributed by atoms with E-state index in [1.807, 2.05) is 0 Å². The number of methoxy groups -OCH3 is 2. The van der Waals surface area contributed by atoms with Crippen molar-refractivity contribution in [2.75, 3.05) is 14.2 Å². The van der Waals surface area contributed by atoms with E-state index in [2.05, 4.69) is 32.9 Å². The average Bonchev–Trinajstić information content (AvgIpc) is 2.37. The normalized spacial score (nSPS) is 20.7. The predicted molar refractivity (Wildman–Crippen MR) is 75.6 cm³/mol. The smallest absolute Gasteiger partial charge is 0.165 e. The summed E-state index contributed by atoms with van der Waals surface area (Å²) in [7, 11) is 3.44. The van der Waals surface area contributed by atoms with Crippen molar-refractivity contribution >= 4 is 5.57 Å². The molecule has 0 unspecified atom stereocenters. The predicted octanol–water partition coefficient (Wildman–Crippen LogP) is 4.31. The minimum absolute atomic E-state index is 0.521. The molecule has 1 aliphatic carbocycles. The lowest BCUT2D eigenvalue weighted by Crippen LogP contribution is -2.10. The Morgan fingerprint density at radius 1 is 1.22 bits per heavy atom. The van der Waals surface area contributed by atoms with Crippen LogP contribution in [0, 0.1) is 6.92 Å². The quantitative estimate of drug-likeness (QED) is 0.774. The van der Waals surface area contributed by atoms with Gasteiger partial charge in [0, 0.05) is 5.56 Å². The Bertz CT molecular complexity index is 486. The third-order valence-electron chi connectivity index (χ3n) is 3.90. The topological polar surface area (TPSA) is 18.5 Å². The summed E-state index contributed by atoms with van der Waals surface area (Å²) in [5, 5.41) is 0. The molecule has 2 heteroatoms. The van der Waals surface area contributed by atoms with Crippen molar-refractivity contribution in [3.05, 3.63) is 28.8 Å². The van der Waals surface area contributed by atoms with Crippen molar-refractivity contribution in [2.45, 2.75) is 39.5 Å². The maximum Gasteiger partial charge on any atom is 0.165 e. The Kier molecular flexibility index (Phi) is 3.65. The maximum absolute atomic E-state index is 5.63. The summed E-state index contributed by atoms with van der Waals surface area (Å²) in [6.07, 6.45) is 4.55. The first kappa shape index (κ1) is 13.0. The summed E-state index contributed by atoms with van der Waals surface area (Å²) in [5.41, 5.74) is 5.21. The molecule has 0 bridgehead atoms. The summed E-state index contributed by atoms with van der Waals surface area (Å²) in [4.78, 5) is 0. The van der Waals surface area contributed by atoms with Crippen molar-refractivity contribution in [2.24, 2.45) is 0 Å². The molecule has 0 fully saturated rings. The van der Waals surface area contributed by atoms with Crippen molar-refractivity contribution in [1.82, 2.24) is 0 Å². The summed E-state index contributed by atoms with van der Waals surface area (Å²) >= 11 is 0. The highest BCUT2D eigenvalue weighted by atomic mass is 16.5. The van der Waals surface area contributed by atoms with Gasteiger partial charge in [0.25, 0.3) is 0 Å². The number of allylic oxidation sites excluding steroid dienone is 2. The van der Waals surface area contributed by atoms with Crippen LogP contribution in [-0.4, -0.2) is 14.2 Å². The number of ether oxygens (including phenoxy) is 2. The highest BCUT2D eigenvalue weighted by molar-refractivity contribution is 5.75. The van der Waals surface area contributed by atoms with Gasteiger partial charge in [0.05, 0.1) is 14.2 Å². The largest absolute Gasteiger partial charge is 0.493 e. The van der Waals surface area contributed by atoms with Gasteiger partial charge in [0.15, 0.2) is 11.5 Å². The molecule has 0 aliphatic heterocycles. The lowest BCUT2D eigenvalue weighted by Gasteiger charge is -2.28. The summed E-state index contributed by atoms with van der Waals surface area (Å²) in [6, 6.07) is 2.24. The summed E-state index contributed by atoms with van der Waals surface area (Å²) in [5.74, 6) is 2.31. The van der Waals surface area contributed by atoms with Gasteiger partial charge in [0.1, 0.15) is 0 Å². The maximum atomic E-state index is 5.63. The minimum Gasteiger partial charge on any atom is -0.493 e. The second-order valence-corrected chi connectivity index (χ2v) is 4.97. The zero-order chi connectivity index (χ0) is 13.3. The molecule has 1 aromatic rings. The number of hydrogen-bond donors (Lipinski definition) is 0. The van der Waals surface area contributed by atoms with E-state index in [1.165, 1.54) is 23.1 Å². The van der Waals surface area contributed by atoms with Gasteiger partial charge >= 0.3 is 0 Å². The Morgan fingerprint density at radius 2 is 1.89 bits per heavy atom. The molecule has 1 aliphatic rings. The van der Waals surface area contributed by atoms with Gasteiger partial charge in [-0.05, 0) is 55.4 Å². The molecule has 1 aromatic carbocycles. The Balaban J connectivity index is 2.75. The van der Waals surface area contributed by atoms with Crippen molar-refractivity contribution in [3.8, 4) is 11.5 Å². The van der Waals surface area contributed by atoms with Crippen molar-refractivity contribution in [3.63, 3.8) is 0 Å². The molecule has 0 aromatic heterocycles. The Hall–Kier alpha value is -1.44. The van der Waals surface area contributed by atoms with E-state index in [4.69, 9.17) is 9.47 Å². The molecule has 0 spiro atoms. The second-order valence-electron chi connectivity index (χ2n) is 4.97. The molecule has 0 saturated heterocycles. The summed E-state index contributed by atoms with van der Waals surface area (Å²) in [6.45, 7) is 6.46. The van der Waals surface area contributed by atoms with Gasteiger partial charge in [0.2, 0.25) is 0 Å². The minimum atomic E-state index is 0.521. The zero-order valence-corrected chi connectivity index (χ0v) is 12.0. The Morgan fingerprint density at radius 3 is 2.44 bits per heavy atom. The van der Waals surface area contributed by atoms with Crippen LogP contribution in [0.25, 0.3) is 5.57 Å². The van der Waals surface area contributed by atoms with E-state index < -0.39 is 0 Å². The fourth-order valence-corrected chi connectivity index (χ4v) is 2.95. The second kappa shape index (κ2) is 5.05. The Labute approximate surface area is 110 Å². The van der Waals surface area contributed by atoms with Crippen LogP contribution in [-0.2, 0) is 0 Å². The molecule has 0 heterocycles. The first-order chi connectivity index (χ1) is 8.63. The van der Waals surface area contributed by atoms with Crippen LogP contribution in [0.3, 0.4) is 0 Å². The lowest BCUT2D eigenvalue weighted by molar-refractivity contribution is 0.346. The molecule has 2 nitrogen and oxygen atoms in total. The molecule has 98 valence electrons. The highest BCUT2D eigenvalue weighted by Gasteiger charge is 2.27. The van der Waals surface area contributed by atoms with E-state index in [9.17, 15) is 0 Å². The third kappa shape index (κ3) is 1.90. The van der Waals surface area contributed by atoms with Crippen LogP contribution < -0.4 is 9.47 Å². The van der Waals surface area contributed by atoms with Gasteiger partial charge in [-0.3, -0.25) is 0 Å². The van der Waals surface area contributed by atoms with E-state index in [1.54, 1.807) is 14.2 Å². The molecule has 1 atom stereocenters. The molecule has 0 saturated carbocycles. The van der Waals surface area contributed by atoms with E-state index >= 15 is 0 Å². The number of aryl methyl sites for hydroxylation is 1. The van der Waals surface area contributed by atoms with E-state index in [0.717, 1.165) is 23.5 Å². The molecule has 0 amide bonds. The first-order valence-electron chi connectivity index (χ1n) is 6.55. The van der Waals surface area contributed by atoms with Gasteiger partial charge in [-0.2, -0.15) is 0 Å². The third-order valence-corrected chi connectivity index (χ3v) is 3.90.